The highest BCUT2D eigenvalue weighted by molar-refractivity contribution is 6.45. The molecule has 1 atom stereocenters. The number of amidine groups is 1. The Morgan fingerprint density at radius 3 is 3.05 bits per heavy atom. The molecule has 1 aromatic rings. The molecule has 0 aliphatic carbocycles. The molecule has 1 unspecified atom stereocenters. The molecule has 0 saturated carbocycles. The van der Waals surface area contributed by atoms with Gasteiger partial charge in [0.1, 0.15) is 12.7 Å². The molecule has 0 bridgehead atoms. The third kappa shape index (κ3) is 4.17. The van der Waals surface area contributed by atoms with Crippen molar-refractivity contribution in [1.29, 1.82) is 10.7 Å². The van der Waals surface area contributed by atoms with E-state index in [0.29, 0.717) is 12.3 Å². The van der Waals surface area contributed by atoms with Crippen LogP contribution in [0.3, 0.4) is 0 Å². The van der Waals surface area contributed by atoms with Gasteiger partial charge in [0.25, 0.3) is 0 Å². The van der Waals surface area contributed by atoms with Gasteiger partial charge in [0.2, 0.25) is 5.71 Å². The van der Waals surface area contributed by atoms with Crippen molar-refractivity contribution in [2.75, 3.05) is 18.6 Å². The Labute approximate surface area is 127 Å². The fourth-order valence-corrected chi connectivity index (χ4v) is 1.91. The predicted molar refractivity (Wildman–Crippen MR) is 79.5 cm³/mol. The van der Waals surface area contributed by atoms with Crippen LogP contribution in [0.1, 0.15) is 12.8 Å². The summed E-state index contributed by atoms with van der Waals surface area (Å²) in [5, 5.41) is 19.4. The summed E-state index contributed by atoms with van der Waals surface area (Å²) in [5.74, 6) is -0.899. The van der Waals surface area contributed by atoms with Gasteiger partial charge in [-0.15, -0.1) is 0 Å². The van der Waals surface area contributed by atoms with Crippen molar-refractivity contribution in [3.05, 3.63) is 24.0 Å². The second-order valence-corrected chi connectivity index (χ2v) is 4.69. The quantitative estimate of drug-likeness (QED) is 0.419. The second-order valence-electron chi connectivity index (χ2n) is 4.69. The van der Waals surface area contributed by atoms with Crippen LogP contribution in [0.15, 0.2) is 23.3 Å². The van der Waals surface area contributed by atoms with Crippen LogP contribution in [0.5, 0.6) is 5.75 Å². The number of nitrogens with one attached hydrogen (secondary N) is 2. The molecule has 0 spiro atoms. The van der Waals surface area contributed by atoms with E-state index in [1.807, 2.05) is 0 Å². The number of nitriles is 1. The Balaban J connectivity index is 1.97. The number of nitrogens with two attached hydrogens (primary N) is 1. The van der Waals surface area contributed by atoms with Crippen molar-refractivity contribution < 1.29 is 13.9 Å². The third-order valence-corrected chi connectivity index (χ3v) is 3.04. The first-order valence-corrected chi connectivity index (χ1v) is 6.72. The number of benzene rings is 1. The predicted octanol–water partition coefficient (Wildman–Crippen LogP) is 1.61. The van der Waals surface area contributed by atoms with E-state index in [0.717, 1.165) is 19.4 Å². The first kappa shape index (κ1) is 15.7. The zero-order valence-corrected chi connectivity index (χ0v) is 11.8. The van der Waals surface area contributed by atoms with Gasteiger partial charge in [0.05, 0.1) is 11.8 Å². The molecule has 1 aromatic carbocycles. The number of hydrazone groups is 1. The summed E-state index contributed by atoms with van der Waals surface area (Å²) in [6.07, 6.45) is 1.92. The number of ether oxygens (including phenoxy) is 2. The van der Waals surface area contributed by atoms with Crippen LogP contribution in [0.2, 0.25) is 0 Å². The number of hydrogen-bond acceptors (Lipinski definition) is 6. The molecule has 116 valence electrons. The molecule has 8 heteroatoms. The number of anilines is 1. The zero-order chi connectivity index (χ0) is 15.9. The number of nitrogens with zero attached hydrogens (tertiary/aromatic N) is 2. The Bertz CT molecular complexity index is 620. The van der Waals surface area contributed by atoms with Crippen molar-refractivity contribution >= 4 is 17.2 Å². The highest BCUT2D eigenvalue weighted by atomic mass is 19.1. The first-order valence-electron chi connectivity index (χ1n) is 6.72. The van der Waals surface area contributed by atoms with Crippen LogP contribution in [-0.2, 0) is 4.74 Å². The fraction of sp³-hybridized carbons (Fsp3) is 0.357. The van der Waals surface area contributed by atoms with Gasteiger partial charge in [0, 0.05) is 12.7 Å². The van der Waals surface area contributed by atoms with E-state index < -0.39 is 11.7 Å². The lowest BCUT2D eigenvalue weighted by Gasteiger charge is -2.12. The van der Waals surface area contributed by atoms with Gasteiger partial charge in [-0.3, -0.25) is 10.8 Å². The average molecular weight is 305 g/mol. The molecule has 0 aromatic heterocycles. The van der Waals surface area contributed by atoms with Crippen LogP contribution in [0.25, 0.3) is 0 Å². The minimum absolute atomic E-state index is 0.00977. The largest absolute Gasteiger partial charge is 0.488 e. The fourth-order valence-electron chi connectivity index (χ4n) is 1.91. The maximum absolute atomic E-state index is 13.9. The molecule has 0 amide bonds. The van der Waals surface area contributed by atoms with Crippen LogP contribution < -0.4 is 15.9 Å². The maximum Gasteiger partial charge on any atom is 0.201 e. The molecule has 1 fully saturated rings. The molecule has 22 heavy (non-hydrogen) atoms. The minimum Gasteiger partial charge on any atom is -0.488 e. The smallest absolute Gasteiger partial charge is 0.201 e. The number of rotatable bonds is 6. The van der Waals surface area contributed by atoms with Gasteiger partial charge in [0.15, 0.2) is 17.4 Å². The standard InChI is InChI=1S/C14H16FN5O2/c15-11-6-9(19-20-12(7-16)14(17)18)3-4-13(11)22-8-10-2-1-5-21-10/h3-4,6,10,19H,1-2,5,8H2,(H3,17,18)/b20-12+. The summed E-state index contributed by atoms with van der Waals surface area (Å²) in [7, 11) is 0. The molecular weight excluding hydrogens is 289 g/mol. The van der Waals surface area contributed by atoms with Gasteiger partial charge < -0.3 is 15.2 Å². The molecule has 0 radical (unpaired) electrons. The van der Waals surface area contributed by atoms with Crippen LogP contribution in [-0.4, -0.2) is 30.9 Å². The molecule has 1 saturated heterocycles. The molecular formula is C14H16FN5O2. The monoisotopic (exact) mass is 305 g/mol. The summed E-state index contributed by atoms with van der Waals surface area (Å²) in [6.45, 7) is 1.03. The molecule has 4 N–H and O–H groups in total. The third-order valence-electron chi connectivity index (χ3n) is 3.04. The van der Waals surface area contributed by atoms with Gasteiger partial charge >= 0.3 is 0 Å². The van der Waals surface area contributed by atoms with Crippen LogP contribution in [0, 0.1) is 22.6 Å². The van der Waals surface area contributed by atoms with E-state index in [2.05, 4.69) is 10.5 Å². The lowest BCUT2D eigenvalue weighted by Crippen LogP contribution is -2.21. The highest BCUT2D eigenvalue weighted by Crippen LogP contribution is 2.22. The summed E-state index contributed by atoms with van der Waals surface area (Å²) in [5.41, 5.74) is 7.65. The Morgan fingerprint density at radius 2 is 2.45 bits per heavy atom. The molecule has 7 nitrogen and oxygen atoms in total. The van der Waals surface area contributed by atoms with Crippen LogP contribution in [0.4, 0.5) is 10.1 Å². The minimum atomic E-state index is -0.556. The van der Waals surface area contributed by atoms with E-state index in [1.54, 1.807) is 12.1 Å². The number of halogens is 1. The normalized spacial score (nSPS) is 17.8. The van der Waals surface area contributed by atoms with Crippen molar-refractivity contribution in [1.82, 2.24) is 0 Å². The maximum atomic E-state index is 13.9. The van der Waals surface area contributed by atoms with Crippen molar-refractivity contribution in [2.24, 2.45) is 10.8 Å². The van der Waals surface area contributed by atoms with Crippen molar-refractivity contribution in [3.8, 4) is 11.8 Å². The zero-order valence-electron chi connectivity index (χ0n) is 11.8. The first-order chi connectivity index (χ1) is 10.6. The molecule has 1 aliphatic heterocycles. The van der Waals surface area contributed by atoms with E-state index in [4.69, 9.17) is 25.9 Å². The Kier molecular flexibility index (Phi) is 5.27. The van der Waals surface area contributed by atoms with Crippen molar-refractivity contribution in [2.45, 2.75) is 18.9 Å². The van der Waals surface area contributed by atoms with E-state index >= 15 is 0 Å². The SMILES string of the molecule is N#C/C(=N\Nc1ccc(OCC2CCCO2)c(F)c1)C(=N)N. The van der Waals surface area contributed by atoms with Gasteiger partial charge in [-0.2, -0.15) is 10.4 Å². The Morgan fingerprint density at radius 1 is 1.64 bits per heavy atom. The van der Waals surface area contributed by atoms with E-state index in [9.17, 15) is 4.39 Å². The number of hydrogen-bond donors (Lipinski definition) is 3. The summed E-state index contributed by atoms with van der Waals surface area (Å²) in [4.78, 5) is 0. The van der Waals surface area contributed by atoms with Gasteiger partial charge in [-0.05, 0) is 25.0 Å². The highest BCUT2D eigenvalue weighted by Gasteiger charge is 2.17. The topological polar surface area (TPSA) is 117 Å². The lowest BCUT2D eigenvalue weighted by atomic mass is 10.2. The van der Waals surface area contributed by atoms with Crippen molar-refractivity contribution in [3.63, 3.8) is 0 Å². The lowest BCUT2D eigenvalue weighted by molar-refractivity contribution is 0.0666. The van der Waals surface area contributed by atoms with Gasteiger partial charge in [-0.25, -0.2) is 4.39 Å². The molecule has 1 aliphatic rings. The van der Waals surface area contributed by atoms with E-state index in [-0.39, 0.29) is 17.6 Å². The van der Waals surface area contributed by atoms with E-state index in [1.165, 1.54) is 12.1 Å². The summed E-state index contributed by atoms with van der Waals surface area (Å²) >= 11 is 0. The Hall–Kier alpha value is -2.66. The average Bonchev–Trinajstić information content (AvgIpc) is 3.00. The second kappa shape index (κ2) is 7.38. The van der Waals surface area contributed by atoms with Crippen LogP contribution >= 0.6 is 0 Å². The molecule has 2 rings (SSSR count). The summed E-state index contributed by atoms with van der Waals surface area (Å²) in [6, 6.07) is 5.85. The molecule has 1 heterocycles. The summed E-state index contributed by atoms with van der Waals surface area (Å²) < 4.78 is 24.7. The van der Waals surface area contributed by atoms with Gasteiger partial charge in [-0.1, -0.05) is 0 Å².